The number of carbonyl (C=O) groups is 2. The van der Waals surface area contributed by atoms with E-state index in [2.05, 4.69) is 12.0 Å². The largest absolute Gasteiger partial charge is 0.493 e. The summed E-state index contributed by atoms with van der Waals surface area (Å²) in [6.45, 7) is 8.01. The number of benzene rings is 2. The Morgan fingerprint density at radius 2 is 2.09 bits per heavy atom. The number of hydrazine groups is 1. The van der Waals surface area contributed by atoms with Crippen molar-refractivity contribution in [2.45, 2.75) is 20.3 Å². The Labute approximate surface area is 207 Å². The highest BCUT2D eigenvalue weighted by atomic mass is 35.5. The van der Waals surface area contributed by atoms with Gasteiger partial charge in [-0.15, -0.1) is 6.58 Å². The van der Waals surface area contributed by atoms with Gasteiger partial charge < -0.3 is 9.47 Å². The Bertz CT molecular complexity index is 1160. The summed E-state index contributed by atoms with van der Waals surface area (Å²) >= 11 is 12.6. The van der Waals surface area contributed by atoms with Crippen LogP contribution >= 0.6 is 35.6 Å². The molecule has 172 valence electrons. The lowest BCUT2D eigenvalue weighted by molar-refractivity contribution is -0.123. The number of rotatable bonds is 8. The number of hydrogen-bond acceptors (Lipinski definition) is 6. The van der Waals surface area contributed by atoms with Gasteiger partial charge in [0, 0.05) is 5.56 Å². The van der Waals surface area contributed by atoms with Gasteiger partial charge in [-0.05, 0) is 74.0 Å². The number of amides is 2. The molecule has 0 spiro atoms. The second kappa shape index (κ2) is 10.9. The van der Waals surface area contributed by atoms with Crippen molar-refractivity contribution >= 4 is 57.8 Å². The van der Waals surface area contributed by atoms with E-state index in [1.807, 2.05) is 19.9 Å². The van der Waals surface area contributed by atoms with E-state index in [0.717, 1.165) is 33.5 Å². The van der Waals surface area contributed by atoms with E-state index in [4.69, 9.17) is 33.3 Å². The molecule has 1 N–H and O–H groups in total. The predicted molar refractivity (Wildman–Crippen MR) is 137 cm³/mol. The van der Waals surface area contributed by atoms with Gasteiger partial charge in [0.05, 0.1) is 29.2 Å². The van der Waals surface area contributed by atoms with Crippen molar-refractivity contribution in [2.24, 2.45) is 0 Å². The molecule has 1 heterocycles. The molecule has 0 saturated carbocycles. The first-order valence-corrected chi connectivity index (χ1v) is 11.7. The average Bonchev–Trinajstić information content (AvgIpc) is 3.01. The summed E-state index contributed by atoms with van der Waals surface area (Å²) in [4.78, 5) is 26.0. The Kier molecular flexibility index (Phi) is 8.18. The Hall–Kier alpha value is -2.81. The van der Waals surface area contributed by atoms with Gasteiger partial charge in [0.25, 0.3) is 11.8 Å². The zero-order valence-electron chi connectivity index (χ0n) is 18.4. The van der Waals surface area contributed by atoms with E-state index in [0.29, 0.717) is 34.5 Å². The van der Waals surface area contributed by atoms with Gasteiger partial charge in [-0.2, -0.15) is 5.01 Å². The van der Waals surface area contributed by atoms with Crippen LogP contribution in [0.1, 0.15) is 34.0 Å². The van der Waals surface area contributed by atoms with E-state index < -0.39 is 11.8 Å². The summed E-state index contributed by atoms with van der Waals surface area (Å²) < 4.78 is 11.5. The van der Waals surface area contributed by atoms with Crippen LogP contribution in [0.3, 0.4) is 0 Å². The number of allylic oxidation sites excluding steroid dienone is 1. The maximum atomic E-state index is 13.0. The quantitative estimate of drug-likeness (QED) is 0.299. The molecular formula is C24H23ClN2O4S2. The molecule has 0 radical (unpaired) electrons. The van der Waals surface area contributed by atoms with Crippen LogP contribution in [0.4, 0.5) is 0 Å². The van der Waals surface area contributed by atoms with Crippen molar-refractivity contribution in [3.05, 3.63) is 75.2 Å². The molecule has 2 aromatic carbocycles. The number of carbonyl (C=O) groups excluding carboxylic acids is 2. The van der Waals surface area contributed by atoms with Gasteiger partial charge in [-0.25, -0.2) is 0 Å². The summed E-state index contributed by atoms with van der Waals surface area (Å²) in [5.74, 6) is 0.251. The average molecular weight is 503 g/mol. The van der Waals surface area contributed by atoms with Crippen LogP contribution in [0, 0.1) is 6.92 Å². The molecule has 0 atom stereocenters. The van der Waals surface area contributed by atoms with Crippen molar-refractivity contribution < 1.29 is 19.1 Å². The lowest BCUT2D eigenvalue weighted by Crippen LogP contribution is -2.44. The molecule has 33 heavy (non-hydrogen) atoms. The summed E-state index contributed by atoms with van der Waals surface area (Å²) in [6.07, 6.45) is 4.04. The number of methoxy groups -OCH3 is 1. The van der Waals surface area contributed by atoms with Crippen molar-refractivity contribution in [1.82, 2.24) is 10.4 Å². The van der Waals surface area contributed by atoms with Crippen LogP contribution in [-0.4, -0.2) is 34.9 Å². The molecule has 1 fully saturated rings. The highest BCUT2D eigenvalue weighted by Gasteiger charge is 2.34. The maximum Gasteiger partial charge on any atom is 0.285 e. The van der Waals surface area contributed by atoms with Crippen molar-refractivity contribution in [3.8, 4) is 11.5 Å². The van der Waals surface area contributed by atoms with Gasteiger partial charge >= 0.3 is 0 Å². The highest BCUT2D eigenvalue weighted by Crippen LogP contribution is 2.37. The molecule has 0 aromatic heterocycles. The third-order valence-electron chi connectivity index (χ3n) is 4.70. The van der Waals surface area contributed by atoms with Crippen LogP contribution in [0.25, 0.3) is 6.08 Å². The first-order valence-electron chi connectivity index (χ1n) is 10.1. The van der Waals surface area contributed by atoms with Crippen molar-refractivity contribution in [1.29, 1.82) is 0 Å². The first kappa shape index (κ1) is 24.8. The molecule has 9 heteroatoms. The topological polar surface area (TPSA) is 67.9 Å². The molecular weight excluding hydrogens is 480 g/mol. The van der Waals surface area contributed by atoms with E-state index in [1.54, 1.807) is 43.5 Å². The molecule has 1 aliphatic rings. The van der Waals surface area contributed by atoms with Crippen LogP contribution in [0.15, 0.2) is 47.9 Å². The summed E-state index contributed by atoms with van der Waals surface area (Å²) in [6, 6.07) is 8.76. The van der Waals surface area contributed by atoms with Gasteiger partial charge in [0.15, 0.2) is 15.8 Å². The predicted octanol–water partition coefficient (Wildman–Crippen LogP) is 5.33. The van der Waals surface area contributed by atoms with Crippen LogP contribution in [-0.2, 0) is 11.2 Å². The molecule has 2 aromatic rings. The van der Waals surface area contributed by atoms with Crippen molar-refractivity contribution in [3.63, 3.8) is 0 Å². The van der Waals surface area contributed by atoms with Crippen LogP contribution in [0.5, 0.6) is 11.5 Å². The Morgan fingerprint density at radius 1 is 1.33 bits per heavy atom. The van der Waals surface area contributed by atoms with Crippen molar-refractivity contribution in [2.75, 3.05) is 13.7 Å². The number of hydrogen-bond donors (Lipinski definition) is 1. The van der Waals surface area contributed by atoms with Gasteiger partial charge in [0.1, 0.15) is 0 Å². The number of halogens is 1. The summed E-state index contributed by atoms with van der Waals surface area (Å²) in [5.41, 5.74) is 5.35. The molecule has 0 aliphatic carbocycles. The minimum atomic E-state index is -0.520. The molecule has 1 saturated heterocycles. The van der Waals surface area contributed by atoms with Crippen LogP contribution < -0.4 is 14.9 Å². The molecule has 6 nitrogen and oxygen atoms in total. The number of thiocarbonyl (C=S) groups is 1. The number of thioether (sulfide) groups is 1. The zero-order valence-corrected chi connectivity index (χ0v) is 20.8. The standard InChI is InChI=1S/C24H23ClN2O4S2/c1-5-7-16-11-15(12-19(31-6-2)21(16)30-4)13-20-23(29)27(24(32)33-20)26-22(28)17-9-8-14(3)10-18(17)25/h5,8-13H,1,6-7H2,2-4H3,(H,26,28)/b20-13+. The maximum absolute atomic E-state index is 13.0. The van der Waals surface area contributed by atoms with Gasteiger partial charge in [-0.1, -0.05) is 35.5 Å². The molecule has 3 rings (SSSR count). The lowest BCUT2D eigenvalue weighted by atomic mass is 10.0. The monoisotopic (exact) mass is 502 g/mol. The van der Waals surface area contributed by atoms with Gasteiger partial charge in [-0.3, -0.25) is 15.0 Å². The lowest BCUT2D eigenvalue weighted by Gasteiger charge is -2.16. The van der Waals surface area contributed by atoms with Gasteiger partial charge in [0.2, 0.25) is 0 Å². The number of aryl methyl sites for hydroxylation is 1. The second-order valence-corrected chi connectivity index (χ2v) is 9.16. The second-order valence-electron chi connectivity index (χ2n) is 7.08. The summed E-state index contributed by atoms with van der Waals surface area (Å²) in [7, 11) is 1.58. The fraction of sp³-hybridized carbons (Fsp3) is 0.208. The Morgan fingerprint density at radius 3 is 2.73 bits per heavy atom. The smallest absolute Gasteiger partial charge is 0.285 e. The molecule has 0 unspecified atom stereocenters. The van der Waals surface area contributed by atoms with E-state index >= 15 is 0 Å². The first-order chi connectivity index (χ1) is 15.8. The Balaban J connectivity index is 1.88. The number of nitrogens with zero attached hydrogens (tertiary/aromatic N) is 1. The van der Waals surface area contributed by atoms with E-state index in [9.17, 15) is 9.59 Å². The zero-order chi connectivity index (χ0) is 24.1. The number of nitrogens with one attached hydrogen (secondary N) is 1. The van der Waals surface area contributed by atoms with E-state index in [1.165, 1.54) is 0 Å². The minimum absolute atomic E-state index is 0.215. The molecule has 0 bridgehead atoms. The third kappa shape index (κ3) is 5.58. The highest BCUT2D eigenvalue weighted by molar-refractivity contribution is 8.26. The normalized spacial score (nSPS) is 14.5. The fourth-order valence-electron chi connectivity index (χ4n) is 3.25. The SMILES string of the molecule is C=CCc1cc(/C=C2/SC(=S)N(NC(=O)c3ccc(C)cc3Cl)C2=O)cc(OCC)c1OC. The third-order valence-corrected chi connectivity index (χ3v) is 6.31. The van der Waals surface area contributed by atoms with Crippen LogP contribution in [0.2, 0.25) is 5.02 Å². The summed E-state index contributed by atoms with van der Waals surface area (Å²) in [5, 5.41) is 1.35. The molecule has 2 amide bonds. The number of ether oxygens (including phenoxy) is 2. The van der Waals surface area contributed by atoms with E-state index in [-0.39, 0.29) is 9.88 Å². The molecule has 1 aliphatic heterocycles. The fourth-order valence-corrected chi connectivity index (χ4v) is 4.75. The minimum Gasteiger partial charge on any atom is -0.493 e.